The summed E-state index contributed by atoms with van der Waals surface area (Å²) in [4.78, 5) is 10.4. The summed E-state index contributed by atoms with van der Waals surface area (Å²) in [6.45, 7) is 2.91. The zero-order chi connectivity index (χ0) is 27.6. The molecule has 2 N–H and O–H groups in total. The molecule has 38 heavy (non-hydrogen) atoms. The number of carboxylic acid groups (broad SMARTS) is 1. The van der Waals surface area contributed by atoms with Gasteiger partial charge in [-0.1, -0.05) is 206 Å². The number of unbranched alkanes of at least 4 members (excludes halogenated alkanes) is 31. The molecule has 0 saturated heterocycles. The monoisotopic (exact) mass is 538 g/mol. The average Bonchev–Trinajstić information content (AvgIpc) is 2.91. The Morgan fingerprint density at radius 1 is 0.368 bits per heavy atom. The largest absolute Gasteiger partial charge is 0.465 e. The van der Waals surface area contributed by atoms with E-state index in [4.69, 9.17) is 5.11 Å². The Bertz CT molecular complexity index is 440. The molecule has 0 aliphatic rings. The summed E-state index contributed by atoms with van der Waals surface area (Å²) in [5.74, 6) is 0. The molecule has 0 saturated carbocycles. The molecular weight excluding hydrogens is 466 g/mol. The molecular formula is C35H71NO2. The second-order valence-electron chi connectivity index (χ2n) is 12.2. The Hall–Kier alpha value is -0.730. The number of hydrogen-bond donors (Lipinski definition) is 2. The van der Waals surface area contributed by atoms with Crippen LogP contribution < -0.4 is 5.32 Å². The summed E-state index contributed by atoms with van der Waals surface area (Å²) < 4.78 is 0. The van der Waals surface area contributed by atoms with Crippen LogP contribution >= 0.6 is 0 Å². The van der Waals surface area contributed by atoms with Gasteiger partial charge in [0.25, 0.3) is 0 Å². The van der Waals surface area contributed by atoms with Gasteiger partial charge >= 0.3 is 6.09 Å². The normalized spacial score (nSPS) is 11.3. The molecule has 0 bridgehead atoms. The molecule has 0 atom stereocenters. The maximum Gasteiger partial charge on any atom is 0.404 e. The standard InChI is InChI=1S/C35H71NO2/c1-2-3-4-5-6-7-8-9-10-11-12-13-14-15-16-17-18-19-20-21-22-23-24-25-26-27-28-29-30-31-32-33-34-36-35(37)38/h36H,2-34H2,1H3,(H,37,38). The Kier molecular flexibility index (Phi) is 33.6. The van der Waals surface area contributed by atoms with Gasteiger partial charge in [-0.15, -0.1) is 0 Å². The van der Waals surface area contributed by atoms with E-state index in [1.165, 1.54) is 193 Å². The van der Waals surface area contributed by atoms with E-state index >= 15 is 0 Å². The molecule has 0 fully saturated rings. The molecule has 0 unspecified atom stereocenters. The summed E-state index contributed by atoms with van der Waals surface area (Å²) in [7, 11) is 0. The Balaban J connectivity index is 3.02. The molecule has 0 aliphatic carbocycles. The maximum absolute atomic E-state index is 10.4. The van der Waals surface area contributed by atoms with Crippen LogP contribution in [0.15, 0.2) is 0 Å². The molecule has 0 aromatic carbocycles. The fourth-order valence-corrected chi connectivity index (χ4v) is 5.70. The van der Waals surface area contributed by atoms with Crippen molar-refractivity contribution in [1.82, 2.24) is 5.32 Å². The van der Waals surface area contributed by atoms with Crippen LogP contribution in [0.1, 0.15) is 212 Å². The molecule has 0 radical (unpaired) electrons. The Morgan fingerprint density at radius 2 is 0.553 bits per heavy atom. The Labute approximate surface area is 240 Å². The lowest BCUT2D eigenvalue weighted by molar-refractivity contribution is 0.194. The maximum atomic E-state index is 10.4. The van der Waals surface area contributed by atoms with Crippen molar-refractivity contribution in [2.45, 2.75) is 212 Å². The minimum atomic E-state index is -0.897. The van der Waals surface area contributed by atoms with E-state index in [0.717, 1.165) is 12.8 Å². The molecule has 1 amide bonds. The van der Waals surface area contributed by atoms with Crippen LogP contribution in [-0.2, 0) is 0 Å². The minimum absolute atomic E-state index is 0.606. The summed E-state index contributed by atoms with van der Waals surface area (Å²) >= 11 is 0. The van der Waals surface area contributed by atoms with E-state index in [1.54, 1.807) is 0 Å². The van der Waals surface area contributed by atoms with Crippen molar-refractivity contribution in [2.75, 3.05) is 6.54 Å². The predicted octanol–water partition coefficient (Wildman–Crippen LogP) is 12.8. The van der Waals surface area contributed by atoms with E-state index < -0.39 is 6.09 Å². The van der Waals surface area contributed by atoms with Gasteiger partial charge < -0.3 is 10.4 Å². The molecule has 0 aromatic rings. The lowest BCUT2D eigenvalue weighted by Gasteiger charge is -2.05. The zero-order valence-electron chi connectivity index (χ0n) is 26.2. The van der Waals surface area contributed by atoms with Crippen molar-refractivity contribution in [3.63, 3.8) is 0 Å². The van der Waals surface area contributed by atoms with Crippen LogP contribution in [0.5, 0.6) is 0 Å². The highest BCUT2D eigenvalue weighted by Gasteiger charge is 1.97. The predicted molar refractivity (Wildman–Crippen MR) is 169 cm³/mol. The van der Waals surface area contributed by atoms with Gasteiger partial charge in [0.1, 0.15) is 0 Å². The highest BCUT2D eigenvalue weighted by molar-refractivity contribution is 5.64. The van der Waals surface area contributed by atoms with Crippen LogP contribution in [-0.4, -0.2) is 17.7 Å². The fraction of sp³-hybridized carbons (Fsp3) is 0.971. The molecule has 228 valence electrons. The van der Waals surface area contributed by atoms with Crippen molar-refractivity contribution in [3.8, 4) is 0 Å². The van der Waals surface area contributed by atoms with Crippen molar-refractivity contribution < 1.29 is 9.90 Å². The third kappa shape index (κ3) is 35.3. The summed E-state index contributed by atoms with van der Waals surface area (Å²) in [6.07, 6.45) is 44.4. The van der Waals surface area contributed by atoms with Crippen molar-refractivity contribution in [2.24, 2.45) is 0 Å². The van der Waals surface area contributed by atoms with Crippen molar-refractivity contribution >= 4 is 6.09 Å². The van der Waals surface area contributed by atoms with E-state index in [2.05, 4.69) is 12.2 Å². The summed E-state index contributed by atoms with van der Waals surface area (Å²) in [5, 5.41) is 11.0. The van der Waals surface area contributed by atoms with E-state index in [0.29, 0.717) is 6.54 Å². The first-order valence-electron chi connectivity index (χ1n) is 17.7. The third-order valence-electron chi connectivity index (χ3n) is 8.31. The Morgan fingerprint density at radius 3 is 0.737 bits per heavy atom. The second kappa shape index (κ2) is 34.3. The topological polar surface area (TPSA) is 49.3 Å². The second-order valence-corrected chi connectivity index (χ2v) is 12.2. The molecule has 0 spiro atoms. The summed E-state index contributed by atoms with van der Waals surface area (Å²) in [6, 6.07) is 0. The zero-order valence-corrected chi connectivity index (χ0v) is 26.2. The van der Waals surface area contributed by atoms with Crippen LogP contribution in [0.3, 0.4) is 0 Å². The average molecular weight is 538 g/mol. The number of rotatable bonds is 33. The summed E-state index contributed by atoms with van der Waals surface area (Å²) in [5.41, 5.74) is 0. The van der Waals surface area contributed by atoms with Crippen LogP contribution in [0.2, 0.25) is 0 Å². The molecule has 0 rings (SSSR count). The van der Waals surface area contributed by atoms with E-state index in [9.17, 15) is 4.79 Å². The quantitative estimate of drug-likeness (QED) is 0.0818. The SMILES string of the molecule is CCCCCCCCCCCCCCCCCCCCCCCCCCCCCCCCCCNC(=O)O. The van der Waals surface area contributed by atoms with Crippen LogP contribution in [0, 0.1) is 0 Å². The molecule has 0 heterocycles. The molecule has 0 aromatic heterocycles. The van der Waals surface area contributed by atoms with E-state index in [1.807, 2.05) is 0 Å². The smallest absolute Gasteiger partial charge is 0.404 e. The molecule has 0 aliphatic heterocycles. The number of amides is 1. The highest BCUT2D eigenvalue weighted by atomic mass is 16.4. The third-order valence-corrected chi connectivity index (χ3v) is 8.31. The fourth-order valence-electron chi connectivity index (χ4n) is 5.70. The van der Waals surface area contributed by atoms with Gasteiger partial charge in [-0.3, -0.25) is 0 Å². The highest BCUT2D eigenvalue weighted by Crippen LogP contribution is 2.16. The van der Waals surface area contributed by atoms with Gasteiger partial charge in [-0.05, 0) is 6.42 Å². The first-order valence-corrected chi connectivity index (χ1v) is 17.7. The van der Waals surface area contributed by atoms with Crippen LogP contribution in [0.25, 0.3) is 0 Å². The van der Waals surface area contributed by atoms with Gasteiger partial charge in [0, 0.05) is 6.54 Å². The first-order chi connectivity index (χ1) is 18.8. The van der Waals surface area contributed by atoms with Gasteiger partial charge in [-0.25, -0.2) is 4.79 Å². The van der Waals surface area contributed by atoms with Gasteiger partial charge in [-0.2, -0.15) is 0 Å². The molecule has 3 nitrogen and oxygen atoms in total. The number of hydrogen-bond acceptors (Lipinski definition) is 1. The minimum Gasteiger partial charge on any atom is -0.465 e. The number of carbonyl (C=O) groups is 1. The first kappa shape index (κ1) is 37.3. The van der Waals surface area contributed by atoms with Gasteiger partial charge in [0.05, 0.1) is 0 Å². The lowest BCUT2D eigenvalue weighted by atomic mass is 10.0. The van der Waals surface area contributed by atoms with Gasteiger partial charge in [0.15, 0.2) is 0 Å². The molecule has 3 heteroatoms. The van der Waals surface area contributed by atoms with Crippen molar-refractivity contribution in [1.29, 1.82) is 0 Å². The van der Waals surface area contributed by atoms with Crippen molar-refractivity contribution in [3.05, 3.63) is 0 Å². The van der Waals surface area contributed by atoms with Gasteiger partial charge in [0.2, 0.25) is 0 Å². The lowest BCUT2D eigenvalue weighted by Crippen LogP contribution is -2.21. The van der Waals surface area contributed by atoms with E-state index in [-0.39, 0.29) is 0 Å². The number of nitrogens with one attached hydrogen (secondary N) is 1. The van der Waals surface area contributed by atoms with Crippen LogP contribution in [0.4, 0.5) is 4.79 Å².